The summed E-state index contributed by atoms with van der Waals surface area (Å²) in [6, 6.07) is 48.8. The van der Waals surface area contributed by atoms with Gasteiger partial charge in [0.05, 0.1) is 5.57 Å². The molecule has 0 aliphatic heterocycles. The molecule has 4 aliphatic rings. The molecule has 4 aliphatic carbocycles. The lowest BCUT2D eigenvalue weighted by molar-refractivity contribution is 1.72. The zero-order chi connectivity index (χ0) is 26.7. The maximum Gasteiger partial charge on any atom is 0.0757 e. The Kier molecular flexibility index (Phi) is 6.07. The maximum atomic E-state index is 3.42. The highest BCUT2D eigenvalue weighted by molar-refractivity contribution is 6.07. The van der Waals surface area contributed by atoms with Gasteiger partial charge in [-0.05, 0) is 85.8 Å². The predicted octanol–water partition coefficient (Wildman–Crippen LogP) is 9.69. The zero-order valence-corrected chi connectivity index (χ0v) is 21.9. The highest BCUT2D eigenvalue weighted by atomic mass is 14.1. The van der Waals surface area contributed by atoms with E-state index in [1.165, 1.54) is 43.8 Å². The third-order valence-electron chi connectivity index (χ3n) is 7.32. The molecule has 0 spiro atoms. The van der Waals surface area contributed by atoms with Crippen LogP contribution in [0, 0.1) is 23.7 Å². The van der Waals surface area contributed by atoms with Crippen LogP contribution in [0.15, 0.2) is 145 Å². The standard InChI is InChI=1S/C40H24/c1-3-13-38-36(7-1)28-37-8-2-4-14-39(37)40(38)27-31(17-15-29-19-23-32-9-5-10-33(32)24-20-29)18-16-30-21-25-34-11-6-12-35(34)26-22-30/h1-14,19-28H. The quantitative estimate of drug-likeness (QED) is 0.154. The molecule has 0 atom stereocenters. The Hall–Kier alpha value is -5.56. The van der Waals surface area contributed by atoms with E-state index >= 15 is 0 Å². The Morgan fingerprint density at radius 3 is 1.30 bits per heavy atom. The lowest BCUT2D eigenvalue weighted by atomic mass is 9.95. The van der Waals surface area contributed by atoms with Gasteiger partial charge in [-0.25, -0.2) is 0 Å². The highest BCUT2D eigenvalue weighted by Gasteiger charge is 2.06. The summed E-state index contributed by atoms with van der Waals surface area (Å²) in [5, 5.41) is 4.79. The van der Waals surface area contributed by atoms with Crippen LogP contribution < -0.4 is 0 Å². The second kappa shape index (κ2) is 10.3. The monoisotopic (exact) mass is 504 g/mol. The Morgan fingerprint density at radius 2 is 0.850 bits per heavy atom. The highest BCUT2D eigenvalue weighted by Crippen LogP contribution is 2.30. The average molecular weight is 505 g/mol. The van der Waals surface area contributed by atoms with Crippen molar-refractivity contribution in [3.63, 3.8) is 0 Å². The number of hydrogen-bond donors (Lipinski definition) is 0. The molecule has 0 heteroatoms. The third kappa shape index (κ3) is 4.72. The molecule has 0 saturated heterocycles. The van der Waals surface area contributed by atoms with Crippen molar-refractivity contribution in [2.75, 3.05) is 0 Å². The molecule has 0 radical (unpaired) electrons. The van der Waals surface area contributed by atoms with Gasteiger partial charge in [0, 0.05) is 11.1 Å². The minimum absolute atomic E-state index is 0.775. The van der Waals surface area contributed by atoms with Crippen molar-refractivity contribution in [1.82, 2.24) is 0 Å². The molecule has 0 unspecified atom stereocenters. The smallest absolute Gasteiger partial charge is 0.0616 e. The number of allylic oxidation sites excluding steroid dienone is 1. The van der Waals surface area contributed by atoms with E-state index in [9.17, 15) is 0 Å². The van der Waals surface area contributed by atoms with E-state index < -0.39 is 0 Å². The predicted molar refractivity (Wildman–Crippen MR) is 169 cm³/mol. The van der Waals surface area contributed by atoms with Crippen molar-refractivity contribution >= 4 is 27.6 Å². The summed E-state index contributed by atoms with van der Waals surface area (Å²) in [4.78, 5) is 0. The van der Waals surface area contributed by atoms with E-state index in [4.69, 9.17) is 0 Å². The van der Waals surface area contributed by atoms with Gasteiger partial charge in [0.15, 0.2) is 0 Å². The molecule has 0 bridgehead atoms. The Morgan fingerprint density at radius 1 is 0.425 bits per heavy atom. The van der Waals surface area contributed by atoms with E-state index in [2.05, 4.69) is 169 Å². The fourth-order valence-electron chi connectivity index (χ4n) is 5.23. The van der Waals surface area contributed by atoms with Gasteiger partial charge in [0.2, 0.25) is 0 Å². The summed E-state index contributed by atoms with van der Waals surface area (Å²) in [7, 11) is 0. The Labute approximate surface area is 234 Å². The largest absolute Gasteiger partial charge is 0.0757 e. The lowest BCUT2D eigenvalue weighted by Crippen LogP contribution is -1.85. The van der Waals surface area contributed by atoms with Crippen LogP contribution in [-0.4, -0.2) is 0 Å². The van der Waals surface area contributed by atoms with Crippen LogP contribution in [0.2, 0.25) is 0 Å². The van der Waals surface area contributed by atoms with Gasteiger partial charge in [0.25, 0.3) is 0 Å². The van der Waals surface area contributed by atoms with Crippen molar-refractivity contribution in [2.24, 2.45) is 0 Å². The molecule has 184 valence electrons. The van der Waals surface area contributed by atoms with Crippen LogP contribution in [0.25, 0.3) is 49.9 Å². The molecular weight excluding hydrogens is 480 g/mol. The van der Waals surface area contributed by atoms with Crippen LogP contribution in [0.3, 0.4) is 0 Å². The first-order valence-corrected chi connectivity index (χ1v) is 13.4. The fourth-order valence-corrected chi connectivity index (χ4v) is 5.23. The van der Waals surface area contributed by atoms with Crippen molar-refractivity contribution in [1.29, 1.82) is 0 Å². The maximum absolute atomic E-state index is 3.42. The molecular formula is C40H24. The van der Waals surface area contributed by atoms with Crippen LogP contribution in [-0.2, 0) is 0 Å². The van der Waals surface area contributed by atoms with Gasteiger partial charge in [-0.3, -0.25) is 0 Å². The second-order valence-corrected chi connectivity index (χ2v) is 9.91. The van der Waals surface area contributed by atoms with Crippen LogP contribution in [0.4, 0.5) is 0 Å². The lowest BCUT2D eigenvalue weighted by Gasteiger charge is -2.08. The first-order chi connectivity index (χ1) is 19.8. The molecule has 0 aromatic heterocycles. The van der Waals surface area contributed by atoms with Gasteiger partial charge in [-0.15, -0.1) is 0 Å². The third-order valence-corrected chi connectivity index (χ3v) is 7.32. The summed E-state index contributed by atoms with van der Waals surface area (Å²) in [6.07, 6.45) is 2.16. The van der Waals surface area contributed by atoms with E-state index in [1.807, 2.05) is 0 Å². The minimum Gasteiger partial charge on any atom is -0.0616 e. The molecule has 0 fully saturated rings. The molecule has 0 N–H and O–H groups in total. The van der Waals surface area contributed by atoms with E-state index in [0.717, 1.165) is 22.3 Å². The van der Waals surface area contributed by atoms with Crippen LogP contribution >= 0.6 is 0 Å². The fraction of sp³-hybridized carbons (Fsp3) is 0. The average Bonchev–Trinajstić information content (AvgIpc) is 3.54. The summed E-state index contributed by atoms with van der Waals surface area (Å²) in [6.45, 7) is 0. The van der Waals surface area contributed by atoms with E-state index in [-0.39, 0.29) is 0 Å². The number of hydrogen-bond acceptors (Lipinski definition) is 0. The molecule has 3 aromatic carbocycles. The minimum atomic E-state index is 0.775. The van der Waals surface area contributed by atoms with E-state index in [0.29, 0.717) is 0 Å². The molecule has 0 nitrogen and oxygen atoms in total. The van der Waals surface area contributed by atoms with Crippen molar-refractivity contribution in [2.45, 2.75) is 0 Å². The van der Waals surface area contributed by atoms with Crippen LogP contribution in [0.1, 0.15) is 16.7 Å². The summed E-state index contributed by atoms with van der Waals surface area (Å²) < 4.78 is 0. The molecule has 0 saturated carbocycles. The first-order valence-electron chi connectivity index (χ1n) is 13.4. The number of benzene rings is 3. The second-order valence-electron chi connectivity index (χ2n) is 9.91. The molecule has 3 aromatic rings. The number of rotatable bonds is 1. The zero-order valence-electron chi connectivity index (χ0n) is 21.9. The van der Waals surface area contributed by atoms with Crippen molar-refractivity contribution in [3.8, 4) is 45.9 Å². The molecule has 40 heavy (non-hydrogen) atoms. The number of fused-ring (bicyclic) bond motifs is 4. The SMILES string of the molecule is C(#Cc1ccc2cccc-2cc1)C(C#Cc1ccc2cccc-2cc1)=Cc1c2ccccc2cc2ccccc12. The normalized spacial score (nSPS) is 10.6. The summed E-state index contributed by atoms with van der Waals surface area (Å²) in [5.41, 5.74) is 8.67. The van der Waals surface area contributed by atoms with Gasteiger partial charge in [0.1, 0.15) is 0 Å². The Bertz CT molecular complexity index is 1910. The summed E-state index contributed by atoms with van der Waals surface area (Å²) in [5.74, 6) is 13.6. The van der Waals surface area contributed by atoms with Gasteiger partial charge < -0.3 is 0 Å². The van der Waals surface area contributed by atoms with Crippen LogP contribution in [0.5, 0.6) is 0 Å². The van der Waals surface area contributed by atoms with Gasteiger partial charge in [-0.2, -0.15) is 0 Å². The first kappa shape index (κ1) is 23.5. The molecule has 7 rings (SSSR count). The molecule has 0 amide bonds. The topological polar surface area (TPSA) is 0 Å². The summed E-state index contributed by atoms with van der Waals surface area (Å²) >= 11 is 0. The van der Waals surface area contributed by atoms with Crippen molar-refractivity contribution < 1.29 is 0 Å². The Balaban J connectivity index is 1.40. The van der Waals surface area contributed by atoms with E-state index in [1.54, 1.807) is 0 Å². The van der Waals surface area contributed by atoms with Gasteiger partial charge in [-0.1, -0.05) is 133 Å². The van der Waals surface area contributed by atoms with Crippen molar-refractivity contribution in [3.05, 3.63) is 162 Å². The molecule has 0 heterocycles. The van der Waals surface area contributed by atoms with Gasteiger partial charge >= 0.3 is 0 Å².